The minimum absolute atomic E-state index is 0.209. The topological polar surface area (TPSA) is 83.9 Å². The molecule has 168 valence electrons. The monoisotopic (exact) mass is 465 g/mol. The Hall–Kier alpha value is -3.37. The largest absolute Gasteiger partial charge is 0.448 e. The molecule has 0 spiro atoms. The quantitative estimate of drug-likeness (QED) is 0.385. The van der Waals surface area contributed by atoms with E-state index in [1.54, 1.807) is 0 Å². The highest BCUT2D eigenvalue weighted by molar-refractivity contribution is 7.85. The number of rotatable bonds is 7. The van der Waals surface area contributed by atoms with Gasteiger partial charge in [0.25, 0.3) is 10.1 Å². The fourth-order valence-electron chi connectivity index (χ4n) is 2.93. The number of carbonyl (C=O) groups excluding carboxylic acids is 1. The normalized spacial score (nSPS) is 12.8. The summed E-state index contributed by atoms with van der Waals surface area (Å²) in [4.78, 5) is 14.1. The van der Waals surface area contributed by atoms with Crippen LogP contribution in [0.3, 0.4) is 0 Å². The summed E-state index contributed by atoms with van der Waals surface area (Å²) in [6, 6.07) is 24.2. The molecule has 0 amide bonds. The first-order chi connectivity index (χ1) is 15.0. The van der Waals surface area contributed by atoms with Crippen molar-refractivity contribution < 1.29 is 35.7 Å². The van der Waals surface area contributed by atoms with Gasteiger partial charge in [-0.2, -0.15) is 21.6 Å². The van der Waals surface area contributed by atoms with Crippen molar-refractivity contribution in [2.45, 2.75) is 12.3 Å². The lowest BCUT2D eigenvalue weighted by Crippen LogP contribution is -2.39. The van der Waals surface area contributed by atoms with Crippen LogP contribution in [0, 0.1) is 0 Å². The van der Waals surface area contributed by atoms with Gasteiger partial charge in [-0.15, -0.1) is 0 Å². The molecule has 3 aromatic carbocycles. The first kappa shape index (κ1) is 23.3. The predicted octanol–water partition coefficient (Wildman–Crippen LogP) is 5.13. The van der Waals surface area contributed by atoms with Crippen molar-refractivity contribution in [3.05, 3.63) is 90.5 Å². The molecule has 6 nitrogen and oxygen atoms in total. The Labute approximate surface area is 182 Å². The van der Waals surface area contributed by atoms with Gasteiger partial charge < -0.3 is 9.64 Å². The van der Waals surface area contributed by atoms with Gasteiger partial charge in [0.1, 0.15) is 5.75 Å². The number of para-hydroxylation sites is 2. The molecule has 1 atom stereocenters. The Morgan fingerprint density at radius 1 is 0.844 bits per heavy atom. The maximum absolute atomic E-state index is 13.0. The molecule has 1 N–H and O–H groups in total. The fourth-order valence-corrected chi connectivity index (χ4v) is 3.57. The SMILES string of the molecule is O=C(OC(CS(=O)(=O)O)C(F)(F)F)c1ccc(N(c2ccccc2)c2ccccc2)cc1. The lowest BCUT2D eigenvalue weighted by Gasteiger charge is -2.25. The van der Waals surface area contributed by atoms with E-state index in [0.717, 1.165) is 11.4 Å². The number of anilines is 3. The molecule has 32 heavy (non-hydrogen) atoms. The van der Waals surface area contributed by atoms with Crippen molar-refractivity contribution in [1.29, 1.82) is 0 Å². The van der Waals surface area contributed by atoms with E-state index in [-0.39, 0.29) is 5.56 Å². The predicted molar refractivity (Wildman–Crippen MR) is 113 cm³/mol. The van der Waals surface area contributed by atoms with Crippen LogP contribution in [-0.4, -0.2) is 37.0 Å². The van der Waals surface area contributed by atoms with Gasteiger partial charge in [0.2, 0.25) is 6.10 Å². The van der Waals surface area contributed by atoms with Crippen LogP contribution in [0.4, 0.5) is 30.2 Å². The third-order valence-electron chi connectivity index (χ3n) is 4.37. The standard InChI is InChI=1S/C22H18F3NO5S/c23-22(24,25)20(15-32(28,29)30)31-21(27)16-11-13-19(14-12-16)26(17-7-3-1-4-8-17)18-9-5-2-6-10-18/h1-14,20H,15H2,(H,28,29,30). The van der Waals surface area contributed by atoms with Gasteiger partial charge in [0, 0.05) is 17.1 Å². The lowest BCUT2D eigenvalue weighted by molar-refractivity contribution is -0.197. The van der Waals surface area contributed by atoms with Crippen molar-refractivity contribution in [2.24, 2.45) is 0 Å². The summed E-state index contributed by atoms with van der Waals surface area (Å²) in [6.07, 6.45) is -8.15. The van der Waals surface area contributed by atoms with Crippen LogP contribution in [0.5, 0.6) is 0 Å². The van der Waals surface area contributed by atoms with Gasteiger partial charge in [0.05, 0.1) is 5.56 Å². The second kappa shape index (κ2) is 9.41. The maximum Gasteiger partial charge on any atom is 0.426 e. The van der Waals surface area contributed by atoms with Crippen molar-refractivity contribution in [3.8, 4) is 0 Å². The molecule has 0 saturated carbocycles. The Kier molecular flexibility index (Phi) is 6.85. The van der Waals surface area contributed by atoms with Crippen LogP contribution in [0.25, 0.3) is 0 Å². The van der Waals surface area contributed by atoms with Crippen molar-refractivity contribution in [2.75, 3.05) is 10.7 Å². The van der Waals surface area contributed by atoms with Crippen molar-refractivity contribution >= 4 is 33.1 Å². The van der Waals surface area contributed by atoms with Crippen LogP contribution < -0.4 is 4.90 Å². The van der Waals surface area contributed by atoms with Crippen LogP contribution in [0.1, 0.15) is 10.4 Å². The van der Waals surface area contributed by atoms with E-state index in [4.69, 9.17) is 4.55 Å². The second-order valence-electron chi connectivity index (χ2n) is 6.74. The summed E-state index contributed by atoms with van der Waals surface area (Å²) in [5.74, 6) is -3.15. The molecule has 0 aromatic heterocycles. The summed E-state index contributed by atoms with van der Waals surface area (Å²) in [6.45, 7) is 0. The number of alkyl halides is 3. The number of esters is 1. The van der Waals surface area contributed by atoms with E-state index in [9.17, 15) is 26.4 Å². The average Bonchev–Trinajstić information content (AvgIpc) is 2.74. The van der Waals surface area contributed by atoms with Gasteiger partial charge >= 0.3 is 12.1 Å². The first-order valence-corrected chi connectivity index (χ1v) is 10.9. The minimum Gasteiger partial charge on any atom is -0.448 e. The minimum atomic E-state index is -5.16. The summed E-state index contributed by atoms with van der Waals surface area (Å²) in [7, 11) is -5.02. The van der Waals surface area contributed by atoms with E-state index >= 15 is 0 Å². The number of halogens is 3. The van der Waals surface area contributed by atoms with Gasteiger partial charge in [-0.05, 0) is 48.5 Å². The third kappa shape index (κ3) is 6.08. The number of benzene rings is 3. The van der Waals surface area contributed by atoms with E-state index in [1.165, 1.54) is 24.3 Å². The van der Waals surface area contributed by atoms with Crippen molar-refractivity contribution in [3.63, 3.8) is 0 Å². The zero-order chi connectivity index (χ0) is 23.4. The van der Waals surface area contributed by atoms with E-state index < -0.39 is 34.1 Å². The smallest absolute Gasteiger partial charge is 0.426 e. The Morgan fingerprint density at radius 3 is 1.69 bits per heavy atom. The summed E-state index contributed by atoms with van der Waals surface area (Å²) >= 11 is 0. The molecular formula is C22H18F3NO5S. The Morgan fingerprint density at radius 2 is 1.28 bits per heavy atom. The molecule has 0 aliphatic heterocycles. The zero-order valence-corrected chi connectivity index (χ0v) is 17.3. The van der Waals surface area contributed by atoms with Crippen LogP contribution in [0.2, 0.25) is 0 Å². The molecule has 0 saturated heterocycles. The van der Waals surface area contributed by atoms with Crippen molar-refractivity contribution in [1.82, 2.24) is 0 Å². The number of nitrogens with zero attached hydrogens (tertiary/aromatic N) is 1. The number of ether oxygens (including phenoxy) is 1. The van der Waals surface area contributed by atoms with E-state index in [1.807, 2.05) is 65.6 Å². The van der Waals surface area contributed by atoms with Gasteiger partial charge in [0.15, 0.2) is 0 Å². The molecule has 3 aromatic rings. The molecule has 1 unspecified atom stereocenters. The molecule has 3 rings (SSSR count). The van der Waals surface area contributed by atoms with Crippen LogP contribution in [0.15, 0.2) is 84.9 Å². The highest BCUT2D eigenvalue weighted by Gasteiger charge is 2.45. The Balaban J connectivity index is 1.87. The molecule has 0 aliphatic rings. The summed E-state index contributed by atoms with van der Waals surface area (Å²) < 4.78 is 73.8. The van der Waals surface area contributed by atoms with E-state index in [0.29, 0.717) is 5.69 Å². The fraction of sp³-hybridized carbons (Fsp3) is 0.136. The molecule has 0 fully saturated rings. The Bertz CT molecular complexity index is 1110. The average molecular weight is 465 g/mol. The zero-order valence-electron chi connectivity index (χ0n) is 16.4. The van der Waals surface area contributed by atoms with Gasteiger partial charge in [-0.25, -0.2) is 4.79 Å². The first-order valence-electron chi connectivity index (χ1n) is 9.28. The molecular weight excluding hydrogens is 447 g/mol. The van der Waals surface area contributed by atoms with Gasteiger partial charge in [-0.1, -0.05) is 36.4 Å². The summed E-state index contributed by atoms with van der Waals surface area (Å²) in [5.41, 5.74) is 2.06. The van der Waals surface area contributed by atoms with E-state index in [2.05, 4.69) is 4.74 Å². The highest BCUT2D eigenvalue weighted by atomic mass is 32.2. The molecule has 0 radical (unpaired) electrons. The second-order valence-corrected chi connectivity index (χ2v) is 8.23. The number of hydrogen-bond donors (Lipinski definition) is 1. The molecule has 0 heterocycles. The third-order valence-corrected chi connectivity index (χ3v) is 5.09. The maximum atomic E-state index is 13.0. The van der Waals surface area contributed by atoms with Gasteiger partial charge in [-0.3, -0.25) is 4.55 Å². The summed E-state index contributed by atoms with van der Waals surface area (Å²) in [5, 5.41) is 0. The molecule has 0 bridgehead atoms. The van der Waals surface area contributed by atoms with Crippen LogP contribution >= 0.6 is 0 Å². The molecule has 10 heteroatoms. The lowest BCUT2D eigenvalue weighted by atomic mass is 10.1. The number of hydrogen-bond acceptors (Lipinski definition) is 5. The van der Waals surface area contributed by atoms with Crippen LogP contribution in [-0.2, 0) is 14.9 Å². The number of carbonyl (C=O) groups is 1. The molecule has 0 aliphatic carbocycles. The highest BCUT2D eigenvalue weighted by Crippen LogP contribution is 2.34.